The van der Waals surface area contributed by atoms with Crippen LogP contribution in [-0.4, -0.2) is 49.2 Å². The summed E-state index contributed by atoms with van der Waals surface area (Å²) in [7, 11) is 1.71. The molecule has 0 unspecified atom stereocenters. The van der Waals surface area contributed by atoms with Gasteiger partial charge in [0.25, 0.3) is 0 Å². The van der Waals surface area contributed by atoms with Crippen molar-refractivity contribution in [2.45, 2.75) is 89.3 Å². The molecule has 5 nitrogen and oxygen atoms in total. The summed E-state index contributed by atoms with van der Waals surface area (Å²) in [5.74, 6) is -0.105. The molecule has 1 saturated carbocycles. The maximum Gasteiger partial charge on any atom is 0.306 e. The number of hydrogen-bond acceptors (Lipinski definition) is 5. The lowest BCUT2D eigenvalue weighted by Gasteiger charge is -2.42. The average Bonchev–Trinajstić information content (AvgIpc) is 3.65. The Balaban J connectivity index is 1.40. The van der Waals surface area contributed by atoms with Crippen LogP contribution in [0.1, 0.15) is 57.6 Å². The number of benzene rings is 1. The first-order valence-electron chi connectivity index (χ1n) is 11.5. The number of methoxy groups -OCH3 is 1. The molecule has 4 rings (SSSR count). The van der Waals surface area contributed by atoms with Gasteiger partial charge in [-0.25, -0.2) is 0 Å². The second-order valence-electron chi connectivity index (χ2n) is 9.89. The number of rotatable bonds is 8. The molecule has 1 aromatic rings. The summed E-state index contributed by atoms with van der Waals surface area (Å²) in [4.78, 5) is 12.7. The highest BCUT2D eigenvalue weighted by atomic mass is 16.6. The summed E-state index contributed by atoms with van der Waals surface area (Å²) in [5.41, 5.74) is 3.16. The van der Waals surface area contributed by atoms with E-state index < -0.39 is 0 Å². The Bertz CT molecular complexity index is 821. The fourth-order valence-corrected chi connectivity index (χ4v) is 5.30. The lowest BCUT2D eigenvalue weighted by molar-refractivity contribution is -0.171. The van der Waals surface area contributed by atoms with Crippen LogP contribution in [0.15, 0.2) is 35.9 Å². The maximum absolute atomic E-state index is 12.7. The predicted molar refractivity (Wildman–Crippen MR) is 119 cm³/mol. The van der Waals surface area contributed by atoms with E-state index in [2.05, 4.69) is 58.0 Å². The van der Waals surface area contributed by atoms with Gasteiger partial charge in [-0.3, -0.25) is 4.79 Å². The average molecular weight is 429 g/mol. The third-order valence-corrected chi connectivity index (χ3v) is 7.26. The van der Waals surface area contributed by atoms with Crippen molar-refractivity contribution in [1.82, 2.24) is 0 Å². The first kappa shape index (κ1) is 22.5. The predicted octanol–water partition coefficient (Wildman–Crippen LogP) is 4.55. The number of hydrogen-bond donors (Lipinski definition) is 0. The van der Waals surface area contributed by atoms with Gasteiger partial charge in [0.15, 0.2) is 0 Å². The van der Waals surface area contributed by atoms with Gasteiger partial charge in [-0.05, 0) is 58.9 Å². The van der Waals surface area contributed by atoms with Gasteiger partial charge in [0, 0.05) is 13.5 Å². The van der Waals surface area contributed by atoms with E-state index in [1.54, 1.807) is 7.11 Å². The number of ether oxygens (including phenoxy) is 4. The molecule has 170 valence electrons. The summed E-state index contributed by atoms with van der Waals surface area (Å²) in [5, 5.41) is 0. The lowest BCUT2D eigenvalue weighted by Crippen LogP contribution is -2.55. The maximum atomic E-state index is 12.7. The zero-order valence-corrected chi connectivity index (χ0v) is 19.5. The third kappa shape index (κ3) is 4.74. The number of carbonyl (C=O) groups excluding carboxylic acids is 1. The number of carbonyl (C=O) groups is 1. The highest BCUT2D eigenvalue weighted by Crippen LogP contribution is 2.59. The van der Waals surface area contributed by atoms with Gasteiger partial charge >= 0.3 is 5.97 Å². The minimum atomic E-state index is -0.309. The van der Waals surface area contributed by atoms with Crippen molar-refractivity contribution in [2.75, 3.05) is 13.7 Å². The van der Waals surface area contributed by atoms with Crippen LogP contribution >= 0.6 is 0 Å². The van der Waals surface area contributed by atoms with Crippen molar-refractivity contribution in [3.8, 4) is 0 Å². The third-order valence-electron chi connectivity index (χ3n) is 7.26. The van der Waals surface area contributed by atoms with E-state index in [4.69, 9.17) is 18.9 Å². The van der Waals surface area contributed by atoms with Gasteiger partial charge in [-0.1, -0.05) is 41.5 Å². The van der Waals surface area contributed by atoms with Crippen molar-refractivity contribution in [1.29, 1.82) is 0 Å². The minimum absolute atomic E-state index is 0.0595. The molecule has 3 aliphatic rings. The molecule has 5 heteroatoms. The first-order valence-corrected chi connectivity index (χ1v) is 11.5. The van der Waals surface area contributed by atoms with Gasteiger partial charge < -0.3 is 18.9 Å². The van der Waals surface area contributed by atoms with Crippen LogP contribution in [0.4, 0.5) is 0 Å². The van der Waals surface area contributed by atoms with Crippen LogP contribution in [0.25, 0.3) is 0 Å². The highest BCUT2D eigenvalue weighted by molar-refractivity contribution is 5.70. The van der Waals surface area contributed by atoms with Gasteiger partial charge in [-0.2, -0.15) is 0 Å². The van der Waals surface area contributed by atoms with Crippen molar-refractivity contribution in [3.05, 3.63) is 47.0 Å². The highest BCUT2D eigenvalue weighted by Gasteiger charge is 2.72. The molecule has 31 heavy (non-hydrogen) atoms. The van der Waals surface area contributed by atoms with Crippen molar-refractivity contribution >= 4 is 5.97 Å². The molecule has 0 N–H and O–H groups in total. The second-order valence-corrected chi connectivity index (χ2v) is 9.89. The Hall–Kier alpha value is -1.69. The molecular formula is C26H36O5. The summed E-state index contributed by atoms with van der Waals surface area (Å²) in [6.07, 6.45) is 5.49. The molecule has 1 aromatic carbocycles. The van der Waals surface area contributed by atoms with Crippen molar-refractivity contribution in [2.24, 2.45) is 5.92 Å². The molecule has 3 fully saturated rings. The van der Waals surface area contributed by atoms with Crippen LogP contribution in [-0.2, 0) is 30.2 Å². The number of allylic oxidation sites excluding steroid dienone is 1. The van der Waals surface area contributed by atoms with E-state index in [0.29, 0.717) is 12.8 Å². The van der Waals surface area contributed by atoms with Gasteiger partial charge in [0.05, 0.1) is 18.6 Å². The smallest absolute Gasteiger partial charge is 0.306 e. The van der Waals surface area contributed by atoms with Gasteiger partial charge in [0.1, 0.15) is 23.4 Å². The molecule has 0 aromatic heterocycles. The summed E-state index contributed by atoms with van der Waals surface area (Å²) in [6.45, 7) is 9.18. The molecule has 1 aliphatic carbocycles. The van der Waals surface area contributed by atoms with Crippen LogP contribution in [0.2, 0.25) is 0 Å². The summed E-state index contributed by atoms with van der Waals surface area (Å²) < 4.78 is 24.1. The Morgan fingerprint density at radius 1 is 1.26 bits per heavy atom. The SMILES string of the molecule is CO[C@@H]1[C@H](OC(=O)CCc2ccc(C)cc2)CC[C@]2(CO2)[C@H]1[C@]1(C)O[C@@H]1CC=C(C)C. The van der Waals surface area contributed by atoms with E-state index in [0.717, 1.165) is 31.4 Å². The first-order chi connectivity index (χ1) is 14.8. The fraction of sp³-hybridized carbons (Fsp3) is 0.654. The Kier molecular flexibility index (Phi) is 6.30. The largest absolute Gasteiger partial charge is 0.460 e. The van der Waals surface area contributed by atoms with E-state index in [1.807, 2.05) is 0 Å². The van der Waals surface area contributed by atoms with Crippen LogP contribution in [0, 0.1) is 12.8 Å². The number of aryl methyl sites for hydroxylation is 2. The molecule has 1 spiro atoms. The Labute approximate surface area is 186 Å². The zero-order valence-electron chi connectivity index (χ0n) is 19.5. The number of esters is 1. The van der Waals surface area contributed by atoms with Crippen molar-refractivity contribution < 1.29 is 23.7 Å². The van der Waals surface area contributed by atoms with Crippen LogP contribution in [0.5, 0.6) is 0 Å². The molecule has 0 amide bonds. The van der Waals surface area contributed by atoms with Crippen molar-refractivity contribution in [3.63, 3.8) is 0 Å². The number of epoxide rings is 2. The second kappa shape index (κ2) is 8.68. The fourth-order valence-electron chi connectivity index (χ4n) is 5.30. The van der Waals surface area contributed by atoms with Crippen LogP contribution < -0.4 is 0 Å². The van der Waals surface area contributed by atoms with E-state index in [-0.39, 0.29) is 41.4 Å². The Morgan fingerprint density at radius 2 is 1.97 bits per heavy atom. The molecule has 2 aliphatic heterocycles. The molecule has 6 atom stereocenters. The molecule has 2 heterocycles. The summed E-state index contributed by atoms with van der Waals surface area (Å²) >= 11 is 0. The topological polar surface area (TPSA) is 60.6 Å². The van der Waals surface area contributed by atoms with E-state index in [9.17, 15) is 4.79 Å². The monoisotopic (exact) mass is 428 g/mol. The van der Waals surface area contributed by atoms with E-state index >= 15 is 0 Å². The molecular weight excluding hydrogens is 392 g/mol. The molecule has 0 bridgehead atoms. The molecule has 2 saturated heterocycles. The van der Waals surface area contributed by atoms with Gasteiger partial charge in [0.2, 0.25) is 0 Å². The molecule has 0 radical (unpaired) electrons. The summed E-state index contributed by atoms with van der Waals surface area (Å²) in [6, 6.07) is 8.29. The van der Waals surface area contributed by atoms with Gasteiger partial charge in [-0.15, -0.1) is 0 Å². The Morgan fingerprint density at radius 3 is 2.58 bits per heavy atom. The minimum Gasteiger partial charge on any atom is -0.460 e. The standard InChI is InChI=1S/C26H36O5/c1-17(2)6-12-21-25(4,31-21)24-23(28-5)20(14-15-26(24)16-29-26)30-22(27)13-11-19-9-7-18(3)8-10-19/h6-10,20-21,23-24H,11-16H2,1-5H3/t20-,21-,23-,24-,25-,26+/m1/s1. The normalized spacial score (nSPS) is 36.2. The lowest BCUT2D eigenvalue weighted by atomic mass is 9.68. The quantitative estimate of drug-likeness (QED) is 0.345. The zero-order chi connectivity index (χ0) is 22.2. The van der Waals surface area contributed by atoms with E-state index in [1.165, 1.54) is 11.1 Å². The van der Waals surface area contributed by atoms with Crippen LogP contribution in [0.3, 0.4) is 0 Å².